The van der Waals surface area contributed by atoms with Crippen molar-refractivity contribution in [2.75, 3.05) is 36.9 Å². The van der Waals surface area contributed by atoms with Gasteiger partial charge in [0.25, 0.3) is 0 Å². The first-order chi connectivity index (χ1) is 7.77. The van der Waals surface area contributed by atoms with E-state index in [-0.39, 0.29) is 0 Å². The lowest BCUT2D eigenvalue weighted by Crippen LogP contribution is -2.24. The highest BCUT2D eigenvalue weighted by atomic mass is 16.5. The summed E-state index contributed by atoms with van der Waals surface area (Å²) >= 11 is 0. The molecule has 0 bridgehead atoms. The Labute approximate surface area is 98.2 Å². The number of nitrogen functional groups attached to an aromatic ring is 1. The van der Waals surface area contributed by atoms with E-state index in [1.54, 1.807) is 0 Å². The van der Waals surface area contributed by atoms with Gasteiger partial charge >= 0.3 is 0 Å². The van der Waals surface area contributed by atoms with Crippen LogP contribution in [0.3, 0.4) is 0 Å². The highest BCUT2D eigenvalue weighted by Crippen LogP contribution is 2.16. The lowest BCUT2D eigenvalue weighted by atomic mass is 10.2. The van der Waals surface area contributed by atoms with Crippen molar-refractivity contribution in [3.63, 3.8) is 0 Å². The first-order valence-corrected chi connectivity index (χ1v) is 5.96. The largest absolute Gasteiger partial charge is 0.399 e. The third-order valence-corrected chi connectivity index (χ3v) is 2.56. The van der Waals surface area contributed by atoms with Gasteiger partial charge in [-0.25, -0.2) is 0 Å². The fraction of sp³-hybridized carbons (Fsp3) is 0.538. The predicted octanol–water partition coefficient (Wildman–Crippen LogP) is 2.52. The normalized spacial score (nSPS) is 10.4. The average molecular weight is 222 g/mol. The molecule has 1 aromatic carbocycles. The van der Waals surface area contributed by atoms with Gasteiger partial charge in [-0.15, -0.1) is 0 Å². The van der Waals surface area contributed by atoms with Crippen LogP contribution < -0.4 is 10.6 Å². The van der Waals surface area contributed by atoms with Crippen LogP contribution >= 0.6 is 0 Å². The maximum atomic E-state index is 5.67. The number of nitrogens with two attached hydrogens (primary N) is 1. The van der Waals surface area contributed by atoms with Crippen LogP contribution in [0.4, 0.5) is 11.4 Å². The van der Waals surface area contributed by atoms with Gasteiger partial charge in [0.1, 0.15) is 0 Å². The third kappa shape index (κ3) is 4.11. The molecule has 0 amide bonds. The Bertz CT molecular complexity index is 284. The number of hydrogen-bond donors (Lipinski definition) is 1. The Morgan fingerprint density at radius 3 is 2.44 bits per heavy atom. The maximum Gasteiger partial charge on any atom is 0.0482 e. The minimum atomic E-state index is 0.800. The molecule has 1 aromatic rings. The Morgan fingerprint density at radius 1 is 1.19 bits per heavy atom. The minimum Gasteiger partial charge on any atom is -0.399 e. The quantitative estimate of drug-likeness (QED) is 0.569. The van der Waals surface area contributed by atoms with Crippen LogP contribution in [0.15, 0.2) is 24.3 Å². The molecular formula is C13H22N2O. The Morgan fingerprint density at radius 2 is 1.88 bits per heavy atom. The third-order valence-electron chi connectivity index (χ3n) is 2.56. The summed E-state index contributed by atoms with van der Waals surface area (Å²) in [6.07, 6.45) is 1.06. The SMILES string of the molecule is CCOCCCN(CC)c1ccc(N)cc1. The van der Waals surface area contributed by atoms with Gasteiger partial charge in [0.05, 0.1) is 0 Å². The molecule has 0 aromatic heterocycles. The number of ether oxygens (including phenoxy) is 1. The van der Waals surface area contributed by atoms with Gasteiger partial charge in [-0.2, -0.15) is 0 Å². The highest BCUT2D eigenvalue weighted by molar-refractivity contribution is 5.52. The molecule has 2 N–H and O–H groups in total. The molecule has 90 valence electrons. The highest BCUT2D eigenvalue weighted by Gasteiger charge is 2.03. The predicted molar refractivity (Wildman–Crippen MR) is 69.9 cm³/mol. The molecule has 0 saturated heterocycles. The van der Waals surface area contributed by atoms with E-state index in [0.29, 0.717) is 0 Å². The fourth-order valence-corrected chi connectivity index (χ4v) is 1.66. The van der Waals surface area contributed by atoms with Crippen molar-refractivity contribution < 1.29 is 4.74 Å². The Balaban J connectivity index is 2.44. The van der Waals surface area contributed by atoms with Crippen molar-refractivity contribution >= 4 is 11.4 Å². The van der Waals surface area contributed by atoms with E-state index in [9.17, 15) is 0 Å². The first kappa shape index (κ1) is 12.8. The van der Waals surface area contributed by atoms with E-state index in [1.165, 1.54) is 5.69 Å². The summed E-state index contributed by atoms with van der Waals surface area (Å²) in [4.78, 5) is 2.33. The average Bonchev–Trinajstić information content (AvgIpc) is 2.31. The molecule has 3 heteroatoms. The number of benzene rings is 1. The van der Waals surface area contributed by atoms with Crippen LogP contribution in [0.2, 0.25) is 0 Å². The molecule has 0 atom stereocenters. The van der Waals surface area contributed by atoms with Crippen molar-refractivity contribution in [2.45, 2.75) is 20.3 Å². The number of hydrogen-bond acceptors (Lipinski definition) is 3. The molecule has 0 unspecified atom stereocenters. The summed E-state index contributed by atoms with van der Waals surface area (Å²) in [5.41, 5.74) is 7.71. The molecular weight excluding hydrogens is 200 g/mol. The van der Waals surface area contributed by atoms with Crippen LogP contribution in [0.1, 0.15) is 20.3 Å². The molecule has 0 aliphatic heterocycles. The van der Waals surface area contributed by atoms with Crippen LogP contribution in [0, 0.1) is 0 Å². The van der Waals surface area contributed by atoms with Gasteiger partial charge in [0.2, 0.25) is 0 Å². The molecule has 0 radical (unpaired) electrons. The van der Waals surface area contributed by atoms with Crippen LogP contribution in [-0.4, -0.2) is 26.3 Å². The van der Waals surface area contributed by atoms with E-state index in [1.807, 2.05) is 19.1 Å². The van der Waals surface area contributed by atoms with Crippen molar-refractivity contribution in [3.8, 4) is 0 Å². The van der Waals surface area contributed by atoms with Crippen LogP contribution in [0.25, 0.3) is 0 Å². The molecule has 0 aliphatic carbocycles. The van der Waals surface area contributed by atoms with Gasteiger partial charge in [-0.05, 0) is 44.5 Å². The molecule has 1 rings (SSSR count). The van der Waals surface area contributed by atoms with Gasteiger partial charge in [0.15, 0.2) is 0 Å². The van der Waals surface area contributed by atoms with Crippen LogP contribution in [-0.2, 0) is 4.74 Å². The summed E-state index contributed by atoms with van der Waals surface area (Å²) < 4.78 is 5.34. The maximum absolute atomic E-state index is 5.67. The zero-order chi connectivity index (χ0) is 11.8. The Kier molecular flexibility index (Phi) is 5.72. The summed E-state index contributed by atoms with van der Waals surface area (Å²) in [7, 11) is 0. The molecule has 0 fully saturated rings. The van der Waals surface area contributed by atoms with E-state index < -0.39 is 0 Å². The Hall–Kier alpha value is -1.22. The lowest BCUT2D eigenvalue weighted by molar-refractivity contribution is 0.146. The monoisotopic (exact) mass is 222 g/mol. The number of nitrogens with zero attached hydrogens (tertiary/aromatic N) is 1. The van der Waals surface area contributed by atoms with Crippen molar-refractivity contribution in [3.05, 3.63) is 24.3 Å². The number of anilines is 2. The van der Waals surface area contributed by atoms with Crippen molar-refractivity contribution in [1.29, 1.82) is 0 Å². The molecule has 16 heavy (non-hydrogen) atoms. The molecule has 3 nitrogen and oxygen atoms in total. The second-order valence-corrected chi connectivity index (χ2v) is 3.72. The summed E-state index contributed by atoms with van der Waals surface area (Å²) in [5.74, 6) is 0. The minimum absolute atomic E-state index is 0.800. The molecule has 0 saturated carbocycles. The lowest BCUT2D eigenvalue weighted by Gasteiger charge is -2.23. The standard InChI is InChI=1S/C13H22N2O/c1-3-15(10-5-11-16-4-2)13-8-6-12(14)7-9-13/h6-9H,3-5,10-11,14H2,1-2H3. The van der Waals surface area contributed by atoms with Crippen molar-refractivity contribution in [2.24, 2.45) is 0 Å². The van der Waals surface area contributed by atoms with E-state index in [2.05, 4.69) is 24.0 Å². The first-order valence-electron chi connectivity index (χ1n) is 5.96. The summed E-state index contributed by atoms with van der Waals surface area (Å²) in [6.45, 7) is 7.86. The molecule has 0 heterocycles. The second-order valence-electron chi connectivity index (χ2n) is 3.72. The van der Waals surface area contributed by atoms with Crippen molar-refractivity contribution in [1.82, 2.24) is 0 Å². The molecule has 0 spiro atoms. The zero-order valence-corrected chi connectivity index (χ0v) is 10.3. The van der Waals surface area contributed by atoms with Gasteiger partial charge in [-0.3, -0.25) is 0 Å². The second kappa shape index (κ2) is 7.12. The van der Waals surface area contributed by atoms with Gasteiger partial charge in [0, 0.05) is 37.7 Å². The zero-order valence-electron chi connectivity index (χ0n) is 10.3. The summed E-state index contributed by atoms with van der Waals surface area (Å²) in [5, 5.41) is 0. The summed E-state index contributed by atoms with van der Waals surface area (Å²) in [6, 6.07) is 8.03. The van der Waals surface area contributed by atoms with Gasteiger partial charge < -0.3 is 15.4 Å². The van der Waals surface area contributed by atoms with Crippen LogP contribution in [0.5, 0.6) is 0 Å². The smallest absolute Gasteiger partial charge is 0.0482 e. The van der Waals surface area contributed by atoms with E-state index in [0.717, 1.165) is 38.4 Å². The topological polar surface area (TPSA) is 38.5 Å². The van der Waals surface area contributed by atoms with E-state index in [4.69, 9.17) is 10.5 Å². The molecule has 0 aliphatic rings. The van der Waals surface area contributed by atoms with E-state index >= 15 is 0 Å². The van der Waals surface area contributed by atoms with Gasteiger partial charge in [-0.1, -0.05) is 0 Å². The number of rotatable bonds is 7. The fourth-order valence-electron chi connectivity index (χ4n) is 1.66.